The van der Waals surface area contributed by atoms with E-state index in [0.717, 1.165) is 35.3 Å². The fourth-order valence-corrected chi connectivity index (χ4v) is 6.91. The summed E-state index contributed by atoms with van der Waals surface area (Å²) < 4.78 is 36.0. The van der Waals surface area contributed by atoms with Gasteiger partial charge in [0.05, 0.1) is 28.7 Å². The van der Waals surface area contributed by atoms with Crippen LogP contribution in [0.3, 0.4) is 0 Å². The van der Waals surface area contributed by atoms with Crippen LogP contribution in [0.2, 0.25) is 0 Å². The zero-order valence-electron chi connectivity index (χ0n) is 23.7. The van der Waals surface area contributed by atoms with E-state index in [1.807, 2.05) is 61.5 Å². The van der Waals surface area contributed by atoms with E-state index >= 15 is 0 Å². The minimum Gasteiger partial charge on any atom is -0.487 e. The Balaban J connectivity index is 1.55. The number of nitrogens with one attached hydrogen (secondary N) is 1. The lowest BCUT2D eigenvalue weighted by atomic mass is 9.83. The first-order valence-electron chi connectivity index (χ1n) is 14.1. The lowest BCUT2D eigenvalue weighted by Gasteiger charge is -2.41. The maximum absolute atomic E-state index is 14.1. The summed E-state index contributed by atoms with van der Waals surface area (Å²) in [5.74, 6) is 0.439. The molecule has 6 nitrogen and oxygen atoms in total. The van der Waals surface area contributed by atoms with Crippen LogP contribution in [-0.4, -0.2) is 19.9 Å². The number of para-hydroxylation sites is 2. The molecule has 5 rings (SSSR count). The molecule has 0 spiro atoms. The van der Waals surface area contributed by atoms with Gasteiger partial charge in [-0.1, -0.05) is 92.2 Å². The molecule has 41 heavy (non-hydrogen) atoms. The van der Waals surface area contributed by atoms with Crippen LogP contribution in [0.4, 0.5) is 5.69 Å². The van der Waals surface area contributed by atoms with E-state index in [1.54, 1.807) is 48.5 Å². The molecule has 1 atom stereocenters. The predicted octanol–water partition coefficient (Wildman–Crippen LogP) is 7.20. The molecule has 1 amide bonds. The van der Waals surface area contributed by atoms with E-state index in [2.05, 4.69) is 19.2 Å². The molecular formula is C34H36N2O4S. The fraction of sp³-hybridized carbons (Fsp3) is 0.265. The second-order valence-electron chi connectivity index (χ2n) is 10.6. The highest BCUT2D eigenvalue weighted by Gasteiger charge is 2.39. The summed E-state index contributed by atoms with van der Waals surface area (Å²) in [6.45, 7) is 6.19. The minimum atomic E-state index is -4.00. The third-order valence-corrected chi connectivity index (χ3v) is 9.76. The Bertz CT molecular complexity index is 1610. The minimum absolute atomic E-state index is 0.0796. The van der Waals surface area contributed by atoms with Gasteiger partial charge in [-0.15, -0.1) is 0 Å². The van der Waals surface area contributed by atoms with Gasteiger partial charge in [-0.2, -0.15) is 0 Å². The van der Waals surface area contributed by atoms with Crippen LogP contribution in [0, 0.1) is 6.92 Å². The number of nitrogens with zero attached hydrogens (tertiary/aromatic N) is 1. The number of carbonyl (C=O) groups excluding carboxylic acids is 1. The molecule has 0 radical (unpaired) electrons. The van der Waals surface area contributed by atoms with E-state index in [0.29, 0.717) is 17.7 Å². The van der Waals surface area contributed by atoms with Crippen molar-refractivity contribution in [3.63, 3.8) is 0 Å². The number of rotatable bonds is 9. The molecule has 0 saturated heterocycles. The second-order valence-corrected chi connectivity index (χ2v) is 12.4. The van der Waals surface area contributed by atoms with E-state index in [1.165, 1.54) is 4.31 Å². The first-order valence-corrected chi connectivity index (χ1v) is 15.5. The van der Waals surface area contributed by atoms with Crippen molar-refractivity contribution >= 4 is 21.6 Å². The Morgan fingerprint density at radius 3 is 2.22 bits per heavy atom. The van der Waals surface area contributed by atoms with Crippen LogP contribution in [-0.2, 0) is 16.6 Å². The number of carbonyl (C=O) groups is 1. The van der Waals surface area contributed by atoms with Crippen molar-refractivity contribution in [2.45, 2.75) is 63.1 Å². The van der Waals surface area contributed by atoms with Gasteiger partial charge in [0, 0.05) is 12.0 Å². The normalized spacial score (nSPS) is 15.8. The Labute approximate surface area is 243 Å². The molecule has 4 aromatic rings. The molecule has 1 heterocycles. The quantitative estimate of drug-likeness (QED) is 0.232. The summed E-state index contributed by atoms with van der Waals surface area (Å²) in [6.07, 6.45) is 2.24. The lowest BCUT2D eigenvalue weighted by molar-refractivity contribution is 0.0227. The van der Waals surface area contributed by atoms with E-state index < -0.39 is 10.0 Å². The molecule has 0 bridgehead atoms. The number of hydrogen-bond donors (Lipinski definition) is 1. The number of aryl methyl sites for hydroxylation is 1. The van der Waals surface area contributed by atoms with Crippen LogP contribution < -0.4 is 14.4 Å². The predicted molar refractivity (Wildman–Crippen MR) is 163 cm³/mol. The Hall–Kier alpha value is -4.10. The number of benzene rings is 4. The molecule has 0 aromatic heterocycles. The third kappa shape index (κ3) is 5.86. The lowest BCUT2D eigenvalue weighted by Crippen LogP contribution is -2.44. The molecule has 212 valence electrons. The Morgan fingerprint density at radius 2 is 1.51 bits per heavy atom. The van der Waals surface area contributed by atoms with Gasteiger partial charge in [0.25, 0.3) is 15.9 Å². The first kappa shape index (κ1) is 28.4. The van der Waals surface area contributed by atoms with Crippen LogP contribution in [0.15, 0.2) is 108 Å². The summed E-state index contributed by atoms with van der Waals surface area (Å²) in [5.41, 5.74) is 2.93. The molecule has 0 saturated carbocycles. The average molecular weight is 569 g/mol. The highest BCUT2D eigenvalue weighted by Crippen LogP contribution is 2.43. The number of hydrogen-bond acceptors (Lipinski definition) is 4. The summed E-state index contributed by atoms with van der Waals surface area (Å²) in [6, 6.07) is 30.6. The molecule has 1 unspecified atom stereocenters. The third-order valence-electron chi connectivity index (χ3n) is 7.99. The number of ether oxygens (including phenoxy) is 1. The Kier molecular flexibility index (Phi) is 8.18. The van der Waals surface area contributed by atoms with Crippen molar-refractivity contribution < 1.29 is 17.9 Å². The van der Waals surface area contributed by atoms with Gasteiger partial charge in [0.2, 0.25) is 0 Å². The molecular weight excluding hydrogens is 532 g/mol. The number of sulfonamides is 1. The maximum Gasteiger partial charge on any atom is 0.264 e. The highest BCUT2D eigenvalue weighted by molar-refractivity contribution is 7.92. The molecule has 1 N–H and O–H groups in total. The van der Waals surface area contributed by atoms with Gasteiger partial charge < -0.3 is 10.1 Å². The molecule has 7 heteroatoms. The standard InChI is InChI=1S/C34H36N2O4S/c1-4-34(5-2)23-30(28-15-10-12-18-32(28)40-34)35-33(37)29-16-9-11-17-31(29)36(24-26-13-7-6-8-14-26)41(38,39)27-21-19-25(3)20-22-27/h6-22,30H,4-5,23-24H2,1-3H3,(H,35,37). The van der Waals surface area contributed by atoms with Gasteiger partial charge in [-0.25, -0.2) is 8.42 Å². The zero-order valence-corrected chi connectivity index (χ0v) is 24.5. The van der Waals surface area contributed by atoms with E-state index in [-0.39, 0.29) is 29.0 Å². The Morgan fingerprint density at radius 1 is 0.878 bits per heavy atom. The molecule has 0 fully saturated rings. The highest BCUT2D eigenvalue weighted by atomic mass is 32.2. The molecule has 0 aliphatic carbocycles. The summed E-state index contributed by atoms with van der Waals surface area (Å²) >= 11 is 0. The van der Waals surface area contributed by atoms with Crippen molar-refractivity contribution in [1.29, 1.82) is 0 Å². The number of amides is 1. The van der Waals surface area contributed by atoms with Gasteiger partial charge >= 0.3 is 0 Å². The van der Waals surface area contributed by atoms with E-state index in [9.17, 15) is 13.2 Å². The van der Waals surface area contributed by atoms with E-state index in [4.69, 9.17) is 4.74 Å². The largest absolute Gasteiger partial charge is 0.487 e. The van der Waals surface area contributed by atoms with Crippen LogP contribution >= 0.6 is 0 Å². The second kappa shape index (κ2) is 11.8. The van der Waals surface area contributed by atoms with Crippen molar-refractivity contribution in [2.24, 2.45) is 0 Å². The van der Waals surface area contributed by atoms with Crippen molar-refractivity contribution in [3.8, 4) is 5.75 Å². The smallest absolute Gasteiger partial charge is 0.264 e. The molecule has 1 aliphatic rings. The molecule has 4 aromatic carbocycles. The van der Waals surface area contributed by atoms with Crippen LogP contribution in [0.25, 0.3) is 0 Å². The first-order chi connectivity index (χ1) is 19.8. The number of anilines is 1. The van der Waals surface area contributed by atoms with Gasteiger partial charge in [-0.3, -0.25) is 9.10 Å². The van der Waals surface area contributed by atoms with Crippen molar-refractivity contribution in [1.82, 2.24) is 5.32 Å². The maximum atomic E-state index is 14.1. The van der Waals surface area contributed by atoms with Gasteiger partial charge in [0.1, 0.15) is 11.4 Å². The zero-order chi connectivity index (χ0) is 29.0. The summed E-state index contributed by atoms with van der Waals surface area (Å²) in [7, 11) is -4.00. The van der Waals surface area contributed by atoms with Crippen molar-refractivity contribution in [2.75, 3.05) is 4.31 Å². The summed E-state index contributed by atoms with van der Waals surface area (Å²) in [4.78, 5) is 14.2. The summed E-state index contributed by atoms with van der Waals surface area (Å²) in [5, 5.41) is 3.23. The van der Waals surface area contributed by atoms with Gasteiger partial charge in [-0.05, 0) is 55.7 Å². The molecule has 1 aliphatic heterocycles. The van der Waals surface area contributed by atoms with Crippen LogP contribution in [0.1, 0.15) is 66.2 Å². The van der Waals surface area contributed by atoms with Gasteiger partial charge in [0.15, 0.2) is 0 Å². The van der Waals surface area contributed by atoms with Crippen molar-refractivity contribution in [3.05, 3.63) is 125 Å². The van der Waals surface area contributed by atoms with Crippen LogP contribution in [0.5, 0.6) is 5.75 Å². The topological polar surface area (TPSA) is 75.7 Å². The monoisotopic (exact) mass is 568 g/mol. The fourth-order valence-electron chi connectivity index (χ4n) is 5.44. The number of fused-ring (bicyclic) bond motifs is 1. The average Bonchev–Trinajstić information content (AvgIpc) is 3.00. The SMILES string of the molecule is CCC1(CC)CC(NC(=O)c2ccccc2N(Cc2ccccc2)S(=O)(=O)c2ccc(C)cc2)c2ccccc2O1.